The number of carbonyl (C=O) groups is 2. The Kier molecular flexibility index (Phi) is 7.11. The molecule has 4 atom stereocenters. The summed E-state index contributed by atoms with van der Waals surface area (Å²) in [5.74, 6) is -0.489. The SMILES string of the molecule is CC[C@H](C)[C@@H](NC(=O)CN1C[C@@H](C)O[C@@H](C)C1)C(=O)OC. The van der Waals surface area contributed by atoms with E-state index < -0.39 is 6.04 Å². The first kappa shape index (κ1) is 17.9. The average molecular weight is 300 g/mol. The van der Waals surface area contributed by atoms with E-state index in [9.17, 15) is 9.59 Å². The molecule has 1 heterocycles. The van der Waals surface area contributed by atoms with Crippen molar-refractivity contribution >= 4 is 11.9 Å². The fourth-order valence-electron chi connectivity index (χ4n) is 2.63. The van der Waals surface area contributed by atoms with Gasteiger partial charge in [0, 0.05) is 13.1 Å². The summed E-state index contributed by atoms with van der Waals surface area (Å²) in [6, 6.07) is -0.580. The molecule has 6 nitrogen and oxygen atoms in total. The van der Waals surface area contributed by atoms with Crippen LogP contribution >= 0.6 is 0 Å². The highest BCUT2D eigenvalue weighted by atomic mass is 16.5. The summed E-state index contributed by atoms with van der Waals surface area (Å²) in [5.41, 5.74) is 0. The summed E-state index contributed by atoms with van der Waals surface area (Å²) in [6.45, 7) is 9.64. The van der Waals surface area contributed by atoms with Crippen molar-refractivity contribution in [2.45, 2.75) is 52.4 Å². The minimum absolute atomic E-state index is 0.0453. The number of rotatable bonds is 6. The van der Waals surface area contributed by atoms with E-state index in [1.807, 2.05) is 27.7 Å². The maximum Gasteiger partial charge on any atom is 0.328 e. The number of amides is 1. The van der Waals surface area contributed by atoms with Crippen LogP contribution in [0.15, 0.2) is 0 Å². The van der Waals surface area contributed by atoms with Crippen LogP contribution in [0.3, 0.4) is 0 Å². The first-order valence-electron chi connectivity index (χ1n) is 7.62. The first-order valence-corrected chi connectivity index (χ1v) is 7.62. The highest BCUT2D eigenvalue weighted by Gasteiger charge is 2.29. The topological polar surface area (TPSA) is 67.9 Å². The second kappa shape index (κ2) is 8.34. The Bertz CT molecular complexity index is 352. The molecule has 0 aromatic carbocycles. The summed E-state index contributed by atoms with van der Waals surface area (Å²) >= 11 is 0. The van der Waals surface area contributed by atoms with Crippen LogP contribution in [0, 0.1) is 5.92 Å². The first-order chi connectivity index (χ1) is 9.87. The smallest absolute Gasteiger partial charge is 0.328 e. The number of hydrogen-bond acceptors (Lipinski definition) is 5. The molecule has 1 amide bonds. The maximum atomic E-state index is 12.2. The molecule has 122 valence electrons. The molecule has 0 aromatic heterocycles. The highest BCUT2D eigenvalue weighted by Crippen LogP contribution is 2.11. The predicted octanol–water partition coefficient (Wildman–Crippen LogP) is 0.800. The Morgan fingerprint density at radius 1 is 1.33 bits per heavy atom. The number of methoxy groups -OCH3 is 1. The van der Waals surface area contributed by atoms with Gasteiger partial charge in [0.05, 0.1) is 25.9 Å². The van der Waals surface area contributed by atoms with Crippen LogP contribution in [0.1, 0.15) is 34.1 Å². The van der Waals surface area contributed by atoms with Gasteiger partial charge in [-0.1, -0.05) is 20.3 Å². The molecule has 0 unspecified atom stereocenters. The van der Waals surface area contributed by atoms with E-state index in [-0.39, 0.29) is 36.5 Å². The molecule has 21 heavy (non-hydrogen) atoms. The van der Waals surface area contributed by atoms with Crippen LogP contribution in [0.4, 0.5) is 0 Å². The monoisotopic (exact) mass is 300 g/mol. The molecule has 1 aliphatic rings. The lowest BCUT2D eigenvalue weighted by Gasteiger charge is -2.35. The van der Waals surface area contributed by atoms with E-state index in [4.69, 9.17) is 9.47 Å². The second-order valence-electron chi connectivity index (χ2n) is 5.91. The molecule has 0 bridgehead atoms. The Morgan fingerprint density at radius 3 is 2.38 bits per heavy atom. The molecule has 0 radical (unpaired) electrons. The van der Waals surface area contributed by atoms with E-state index in [1.165, 1.54) is 7.11 Å². The van der Waals surface area contributed by atoms with Gasteiger partial charge in [0.2, 0.25) is 5.91 Å². The standard InChI is InChI=1S/C15H28N2O4/c1-6-10(2)14(15(19)20-5)16-13(18)9-17-7-11(3)21-12(4)8-17/h10-12,14H,6-9H2,1-5H3,(H,16,18)/t10-,11-,12+,14+/m0/s1. The van der Waals surface area contributed by atoms with Crippen molar-refractivity contribution < 1.29 is 19.1 Å². The lowest BCUT2D eigenvalue weighted by Crippen LogP contribution is -2.52. The van der Waals surface area contributed by atoms with Gasteiger partial charge in [-0.3, -0.25) is 9.69 Å². The number of morpholine rings is 1. The van der Waals surface area contributed by atoms with Gasteiger partial charge in [0.25, 0.3) is 0 Å². The van der Waals surface area contributed by atoms with E-state index >= 15 is 0 Å². The molecular weight excluding hydrogens is 272 g/mol. The minimum atomic E-state index is -0.580. The third-order valence-electron chi connectivity index (χ3n) is 3.85. The number of nitrogens with one attached hydrogen (secondary N) is 1. The van der Waals surface area contributed by atoms with Crippen LogP contribution in [0.2, 0.25) is 0 Å². The normalized spacial score (nSPS) is 26.0. The van der Waals surface area contributed by atoms with Crippen LogP contribution in [0.5, 0.6) is 0 Å². The Morgan fingerprint density at radius 2 is 1.90 bits per heavy atom. The van der Waals surface area contributed by atoms with Crippen molar-refractivity contribution in [2.75, 3.05) is 26.7 Å². The van der Waals surface area contributed by atoms with E-state index in [2.05, 4.69) is 10.2 Å². The molecule has 1 rings (SSSR count). The second-order valence-corrected chi connectivity index (χ2v) is 5.91. The lowest BCUT2D eigenvalue weighted by molar-refractivity contribution is -0.147. The molecule has 0 aliphatic carbocycles. The molecule has 1 fully saturated rings. The zero-order chi connectivity index (χ0) is 16.0. The fraction of sp³-hybridized carbons (Fsp3) is 0.867. The molecule has 0 spiro atoms. The third kappa shape index (κ3) is 5.63. The molecule has 1 N–H and O–H groups in total. The zero-order valence-corrected chi connectivity index (χ0v) is 13.7. The zero-order valence-electron chi connectivity index (χ0n) is 13.7. The van der Waals surface area contributed by atoms with E-state index in [0.717, 1.165) is 19.5 Å². The molecule has 6 heteroatoms. The van der Waals surface area contributed by atoms with Crippen molar-refractivity contribution in [3.63, 3.8) is 0 Å². The van der Waals surface area contributed by atoms with Gasteiger partial charge in [-0.05, 0) is 19.8 Å². The summed E-state index contributed by atoms with van der Waals surface area (Å²) < 4.78 is 10.4. The summed E-state index contributed by atoms with van der Waals surface area (Å²) in [6.07, 6.45) is 1.03. The van der Waals surface area contributed by atoms with Crippen molar-refractivity contribution in [2.24, 2.45) is 5.92 Å². The number of carbonyl (C=O) groups excluding carboxylic acids is 2. The van der Waals surface area contributed by atoms with Gasteiger partial charge < -0.3 is 14.8 Å². The van der Waals surface area contributed by atoms with Gasteiger partial charge >= 0.3 is 5.97 Å². The molecule has 1 aliphatic heterocycles. The van der Waals surface area contributed by atoms with Crippen LogP contribution in [-0.2, 0) is 19.1 Å². The number of hydrogen-bond donors (Lipinski definition) is 1. The van der Waals surface area contributed by atoms with Gasteiger partial charge in [-0.25, -0.2) is 4.79 Å². The Hall–Kier alpha value is -1.14. The van der Waals surface area contributed by atoms with Gasteiger partial charge in [-0.15, -0.1) is 0 Å². The number of nitrogens with zero attached hydrogens (tertiary/aromatic N) is 1. The summed E-state index contributed by atoms with van der Waals surface area (Å²) in [4.78, 5) is 26.0. The van der Waals surface area contributed by atoms with E-state index in [0.29, 0.717) is 0 Å². The van der Waals surface area contributed by atoms with Crippen LogP contribution in [-0.4, -0.2) is 61.8 Å². The van der Waals surface area contributed by atoms with Gasteiger partial charge in [0.15, 0.2) is 0 Å². The van der Waals surface area contributed by atoms with Crippen molar-refractivity contribution in [3.8, 4) is 0 Å². The van der Waals surface area contributed by atoms with Crippen LogP contribution < -0.4 is 5.32 Å². The third-order valence-corrected chi connectivity index (χ3v) is 3.85. The van der Waals surface area contributed by atoms with Crippen molar-refractivity contribution in [1.29, 1.82) is 0 Å². The predicted molar refractivity (Wildman–Crippen MR) is 79.9 cm³/mol. The lowest BCUT2D eigenvalue weighted by atomic mass is 9.99. The van der Waals surface area contributed by atoms with Crippen molar-refractivity contribution in [3.05, 3.63) is 0 Å². The molecule has 0 aromatic rings. The molecule has 0 saturated carbocycles. The molecule has 1 saturated heterocycles. The largest absolute Gasteiger partial charge is 0.467 e. The fourth-order valence-corrected chi connectivity index (χ4v) is 2.63. The highest BCUT2D eigenvalue weighted by molar-refractivity contribution is 5.85. The number of ether oxygens (including phenoxy) is 2. The Balaban J connectivity index is 2.55. The Labute approximate surface area is 127 Å². The van der Waals surface area contributed by atoms with E-state index in [1.54, 1.807) is 0 Å². The van der Waals surface area contributed by atoms with Crippen LogP contribution in [0.25, 0.3) is 0 Å². The summed E-state index contributed by atoms with van der Waals surface area (Å²) in [7, 11) is 1.34. The van der Waals surface area contributed by atoms with Gasteiger partial charge in [0.1, 0.15) is 6.04 Å². The molecular formula is C15H28N2O4. The minimum Gasteiger partial charge on any atom is -0.467 e. The quantitative estimate of drug-likeness (QED) is 0.735. The summed E-state index contributed by atoms with van der Waals surface area (Å²) in [5, 5.41) is 2.80. The average Bonchev–Trinajstić information content (AvgIpc) is 2.41. The van der Waals surface area contributed by atoms with Gasteiger partial charge in [-0.2, -0.15) is 0 Å². The number of esters is 1. The van der Waals surface area contributed by atoms with Crippen molar-refractivity contribution in [1.82, 2.24) is 10.2 Å². The maximum absolute atomic E-state index is 12.2.